The van der Waals surface area contributed by atoms with Gasteiger partial charge < -0.3 is 44.9 Å². The zero-order chi connectivity index (χ0) is 8.78. The number of rotatable bonds is 1. The zero-order valence-electron chi connectivity index (χ0n) is 7.32. The van der Waals surface area contributed by atoms with E-state index in [9.17, 15) is 4.79 Å². The van der Waals surface area contributed by atoms with E-state index in [1.54, 1.807) is 0 Å². The van der Waals surface area contributed by atoms with Crippen LogP contribution in [0.2, 0.25) is 0 Å². The van der Waals surface area contributed by atoms with E-state index in [1.807, 2.05) is 0 Å². The Morgan fingerprint density at radius 1 is 1.14 bits per heavy atom. The first-order valence-electron chi connectivity index (χ1n) is 2.01. The number of primary amides is 1. The van der Waals surface area contributed by atoms with Crippen LogP contribution < -0.4 is 24.9 Å². The molecule has 0 radical (unpaired) electrons. The van der Waals surface area contributed by atoms with Crippen LogP contribution in [0.25, 0.3) is 0 Å². The van der Waals surface area contributed by atoms with Gasteiger partial charge in [0.2, 0.25) is 5.91 Å². The smallest absolute Gasteiger partial charge is 0.894 e. The molecule has 0 spiro atoms. The molecule has 0 aliphatic carbocycles. The molecule has 76 valence electrons. The molecule has 0 saturated carbocycles. The van der Waals surface area contributed by atoms with Crippen LogP contribution in [0.15, 0.2) is 12.7 Å². The van der Waals surface area contributed by atoms with Crippen molar-refractivity contribution < 1.29 is 34.9 Å². The number of hydrogen-bond acceptors (Lipinski definition) is 5. The summed E-state index contributed by atoms with van der Waals surface area (Å²) in [5, 5.41) is 0. The van der Waals surface area contributed by atoms with Gasteiger partial charge in [-0.1, -0.05) is 6.58 Å². The molecule has 0 aromatic heterocycles. The van der Waals surface area contributed by atoms with E-state index in [0.29, 0.717) is 0 Å². The van der Waals surface area contributed by atoms with Crippen molar-refractivity contribution in [3.63, 3.8) is 0 Å². The number of amides is 1. The number of carbonyl (C=O) groups excluding carboxylic acids is 1. The van der Waals surface area contributed by atoms with E-state index in [4.69, 9.17) is 19.2 Å². The largest absolute Gasteiger partial charge is 2.00 e. The Morgan fingerprint density at radius 2 is 1.21 bits per heavy atom. The Bertz CT molecular complexity index is 123. The first-order valence-corrected chi connectivity index (χ1v) is 3.64. The summed E-state index contributed by atoms with van der Waals surface area (Å²) in [4.78, 5) is 43.8. The summed E-state index contributed by atoms with van der Waals surface area (Å²) in [6.45, 7) is 3.09. The predicted molar refractivity (Wildman–Crippen MR) is 43.9 cm³/mol. The van der Waals surface area contributed by atoms with Crippen LogP contribution in [0.1, 0.15) is 0 Å². The van der Waals surface area contributed by atoms with E-state index in [-0.39, 0.29) is 86.4 Å². The van der Waals surface area contributed by atoms with Gasteiger partial charge in [0, 0.05) is 0 Å². The van der Waals surface area contributed by atoms with Crippen LogP contribution in [0.3, 0.4) is 0 Å². The summed E-state index contributed by atoms with van der Waals surface area (Å²) < 4.78 is 0. The summed E-state index contributed by atoms with van der Waals surface area (Å²) in [6.07, 6.45) is 1.06. The minimum absolute atomic E-state index is 0. The van der Waals surface area contributed by atoms with Gasteiger partial charge >= 0.3 is 75.5 Å². The topological polar surface area (TPSA) is 198 Å². The van der Waals surface area contributed by atoms with Gasteiger partial charge in [-0.05, 0) is 6.08 Å². The van der Waals surface area contributed by atoms with Crippen LogP contribution in [0.4, 0.5) is 0 Å². The fraction of sp³-hybridized carbons (Fsp3) is 0. The molecular weight excluding hydrogens is 270 g/mol. The van der Waals surface area contributed by atoms with Gasteiger partial charge in [0.05, 0.1) is 0 Å². The van der Waals surface area contributed by atoms with E-state index >= 15 is 0 Å². The summed E-state index contributed by atoms with van der Waals surface area (Å²) in [5.74, 6) is -0.481. The van der Waals surface area contributed by atoms with Crippen molar-refractivity contribution in [2.45, 2.75) is 0 Å². The second-order valence-corrected chi connectivity index (χ2v) is 2.11. The number of hydrogen-bond donors (Lipinski definition) is 1. The van der Waals surface area contributed by atoms with E-state index in [2.05, 4.69) is 12.3 Å². The molecule has 11 heteroatoms. The summed E-state index contributed by atoms with van der Waals surface area (Å²) in [5.41, 5.74) is 4.53. The van der Waals surface area contributed by atoms with Gasteiger partial charge in [0.15, 0.2) is 0 Å². The van der Waals surface area contributed by atoms with E-state index in [1.165, 1.54) is 0 Å². The monoisotopic (exact) mass is 279 g/mol. The molecule has 1 amide bonds. The van der Waals surface area contributed by atoms with Gasteiger partial charge in [0.25, 0.3) is 0 Å². The third kappa shape index (κ3) is 161. The maximum atomic E-state index is 9.47. The Labute approximate surface area is 142 Å². The van der Waals surface area contributed by atoms with Crippen LogP contribution in [0.5, 0.6) is 0 Å². The fourth-order valence-corrected chi connectivity index (χ4v) is 0. The molecule has 0 aliphatic heterocycles. The van der Waals surface area contributed by atoms with Crippen molar-refractivity contribution in [1.29, 1.82) is 0 Å². The summed E-state index contributed by atoms with van der Waals surface area (Å²) in [6, 6.07) is 0. The third-order valence-electron chi connectivity index (χ3n) is 0.201. The maximum Gasteiger partial charge on any atom is 2.00 e. The molecule has 0 aliphatic rings. The molecule has 0 saturated heterocycles. The molecule has 0 heterocycles. The molecule has 0 aromatic rings. The number of carbonyl (C=O) groups is 1. The summed E-state index contributed by atoms with van der Waals surface area (Å²) >= 11 is 0. The minimum Gasteiger partial charge on any atom is -0.894 e. The molecule has 0 fully saturated rings. The molecule has 14 heavy (non-hydrogen) atoms. The standard InChI is InChI=1S/C3H5NO.2Ca.O4Si.2H2O/c1-2-3(4)5;;;1-5(2,3)4;;/h2H,1H2,(H2,4,5);;;;2*1H2/q;2*+2;-4;;. The molecule has 0 unspecified atom stereocenters. The van der Waals surface area contributed by atoms with Crippen molar-refractivity contribution in [2.75, 3.05) is 0 Å². The molecule has 0 atom stereocenters. The molecule has 0 aromatic carbocycles. The average molecular weight is 279 g/mol. The van der Waals surface area contributed by atoms with E-state index < -0.39 is 15.0 Å². The number of nitrogens with two attached hydrogens (primary N) is 1. The van der Waals surface area contributed by atoms with Crippen LogP contribution >= 0.6 is 0 Å². The Morgan fingerprint density at radius 3 is 1.21 bits per heavy atom. The van der Waals surface area contributed by atoms with Gasteiger partial charge in [-0.15, -0.1) is 0 Å². The van der Waals surface area contributed by atoms with E-state index in [0.717, 1.165) is 6.08 Å². The average Bonchev–Trinajstić information content (AvgIpc) is 1.61. The molecule has 0 rings (SSSR count). The van der Waals surface area contributed by atoms with Gasteiger partial charge in [-0.2, -0.15) is 0 Å². The SMILES string of the molecule is C=CC(N)=O.O.O.[Ca+2].[Ca+2].[O-][Si]([O-])([O-])[O-]. The third-order valence-corrected chi connectivity index (χ3v) is 0.201. The van der Waals surface area contributed by atoms with Gasteiger partial charge in [-0.3, -0.25) is 4.79 Å². The van der Waals surface area contributed by atoms with Crippen molar-refractivity contribution in [2.24, 2.45) is 5.73 Å². The fourth-order valence-electron chi connectivity index (χ4n) is 0. The van der Waals surface area contributed by atoms with Gasteiger partial charge in [0.1, 0.15) is 0 Å². The Balaban J connectivity index is -0.0000000178. The van der Waals surface area contributed by atoms with Gasteiger partial charge in [-0.25, -0.2) is 0 Å². The van der Waals surface area contributed by atoms with Crippen molar-refractivity contribution in [1.82, 2.24) is 0 Å². The van der Waals surface area contributed by atoms with Crippen LogP contribution in [-0.4, -0.2) is 101 Å². The first-order chi connectivity index (χ1) is 4.27. The molecule has 0 bridgehead atoms. The second kappa shape index (κ2) is 20.2. The second-order valence-electron chi connectivity index (χ2n) is 1.11. The molecule has 6 N–H and O–H groups in total. The van der Waals surface area contributed by atoms with Crippen molar-refractivity contribution >= 4 is 90.4 Å². The quantitative estimate of drug-likeness (QED) is 0.366. The maximum absolute atomic E-state index is 9.47. The predicted octanol–water partition coefficient (Wildman–Crippen LogP) is -7.89. The van der Waals surface area contributed by atoms with Crippen molar-refractivity contribution in [3.05, 3.63) is 12.7 Å². The molecule has 8 nitrogen and oxygen atoms in total. The Hall–Kier alpha value is 1.71. The normalized spacial score (nSPS) is 6.57. The minimum atomic E-state index is -5.61. The molecular formula is C3H9Ca2NO7Si. The zero-order valence-corrected chi connectivity index (χ0v) is 12.7. The Kier molecular flexibility index (Phi) is 51.9. The van der Waals surface area contributed by atoms with Crippen LogP contribution in [0, 0.1) is 0 Å². The first kappa shape index (κ1) is 36.1. The summed E-state index contributed by atoms with van der Waals surface area (Å²) in [7, 11) is -5.61. The van der Waals surface area contributed by atoms with Crippen molar-refractivity contribution in [3.8, 4) is 0 Å². The van der Waals surface area contributed by atoms with Crippen LogP contribution in [-0.2, 0) is 4.79 Å².